The van der Waals surface area contributed by atoms with E-state index in [2.05, 4.69) is 9.68 Å². The first-order valence-corrected chi connectivity index (χ1v) is 2.92. The summed E-state index contributed by atoms with van der Waals surface area (Å²) in [7, 11) is 0. The summed E-state index contributed by atoms with van der Waals surface area (Å²) in [5.41, 5.74) is 0.155. The molecular weight excluding hydrogens is 134 g/mol. The Bertz CT molecular complexity index is 241. The van der Waals surface area contributed by atoms with Crippen molar-refractivity contribution < 1.29 is 14.4 Å². The van der Waals surface area contributed by atoms with Gasteiger partial charge < -0.3 is 9.63 Å². The van der Waals surface area contributed by atoms with Crippen LogP contribution < -0.4 is 0 Å². The summed E-state index contributed by atoms with van der Waals surface area (Å²) < 4.78 is 4.64. The molecule has 1 rings (SSSR count). The van der Waals surface area contributed by atoms with Crippen LogP contribution in [0.1, 0.15) is 23.0 Å². The van der Waals surface area contributed by atoms with Crippen LogP contribution in [0, 0.1) is 0 Å². The third kappa shape index (κ3) is 1.00. The van der Waals surface area contributed by atoms with E-state index in [1.54, 1.807) is 0 Å². The Labute approximate surface area is 57.4 Å². The molecular formula is C6H7NO3. The highest BCUT2D eigenvalue weighted by Crippen LogP contribution is 2.07. The molecule has 0 saturated carbocycles. The fourth-order valence-corrected chi connectivity index (χ4v) is 0.693. The van der Waals surface area contributed by atoms with Crippen molar-refractivity contribution in [1.82, 2.24) is 5.16 Å². The number of hydrogen-bond donors (Lipinski definition) is 1. The van der Waals surface area contributed by atoms with Gasteiger partial charge in [-0.2, -0.15) is 0 Å². The van der Waals surface area contributed by atoms with Crippen LogP contribution >= 0.6 is 0 Å². The maximum absolute atomic E-state index is 10.3. The molecule has 54 valence electrons. The number of carboxylic acid groups (broad SMARTS) is 1. The molecule has 0 aromatic carbocycles. The van der Waals surface area contributed by atoms with Crippen molar-refractivity contribution in [1.29, 1.82) is 0 Å². The molecule has 0 fully saturated rings. The molecule has 1 N–H and O–H groups in total. The van der Waals surface area contributed by atoms with Crippen LogP contribution in [-0.4, -0.2) is 16.2 Å². The SMILES string of the molecule is CCc1oncc1C(=O)O. The first-order chi connectivity index (χ1) is 4.75. The average Bonchev–Trinajstić information content (AvgIpc) is 2.33. The molecule has 1 aromatic rings. The molecule has 10 heavy (non-hydrogen) atoms. The van der Waals surface area contributed by atoms with Crippen molar-refractivity contribution >= 4 is 5.97 Å². The Morgan fingerprint density at radius 2 is 2.60 bits per heavy atom. The minimum atomic E-state index is -0.988. The van der Waals surface area contributed by atoms with Crippen molar-refractivity contribution in [2.75, 3.05) is 0 Å². The third-order valence-electron chi connectivity index (χ3n) is 1.20. The second-order valence-corrected chi connectivity index (χ2v) is 1.82. The second-order valence-electron chi connectivity index (χ2n) is 1.82. The van der Waals surface area contributed by atoms with Crippen LogP contribution in [0.3, 0.4) is 0 Å². The van der Waals surface area contributed by atoms with Gasteiger partial charge in [-0.3, -0.25) is 0 Å². The van der Waals surface area contributed by atoms with Crippen LogP contribution in [0.25, 0.3) is 0 Å². The fraction of sp³-hybridized carbons (Fsp3) is 0.333. The van der Waals surface area contributed by atoms with Crippen molar-refractivity contribution in [3.8, 4) is 0 Å². The van der Waals surface area contributed by atoms with Gasteiger partial charge >= 0.3 is 5.97 Å². The molecule has 0 amide bonds. The van der Waals surface area contributed by atoms with Gasteiger partial charge in [-0.15, -0.1) is 0 Å². The molecule has 0 spiro atoms. The Balaban J connectivity index is 3.01. The van der Waals surface area contributed by atoms with Gasteiger partial charge in [0.05, 0.1) is 6.20 Å². The standard InChI is InChI=1S/C6H7NO3/c1-2-5-4(6(8)9)3-7-10-5/h3H,2H2,1H3,(H,8,9). The Hall–Kier alpha value is -1.32. The summed E-state index contributed by atoms with van der Waals surface area (Å²) in [4.78, 5) is 10.3. The van der Waals surface area contributed by atoms with Crippen molar-refractivity contribution in [3.05, 3.63) is 17.5 Å². The minimum absolute atomic E-state index is 0.155. The van der Waals surface area contributed by atoms with E-state index in [1.165, 1.54) is 6.20 Å². The monoisotopic (exact) mass is 141 g/mol. The van der Waals surface area contributed by atoms with Crippen LogP contribution in [-0.2, 0) is 6.42 Å². The highest BCUT2D eigenvalue weighted by atomic mass is 16.5. The van der Waals surface area contributed by atoms with Gasteiger partial charge in [0.1, 0.15) is 5.56 Å². The number of aryl methyl sites for hydroxylation is 1. The lowest BCUT2D eigenvalue weighted by molar-refractivity contribution is 0.0694. The van der Waals surface area contributed by atoms with E-state index >= 15 is 0 Å². The highest BCUT2D eigenvalue weighted by Gasteiger charge is 2.11. The van der Waals surface area contributed by atoms with E-state index < -0.39 is 5.97 Å². The number of carboxylic acids is 1. The van der Waals surface area contributed by atoms with E-state index in [-0.39, 0.29) is 5.56 Å². The van der Waals surface area contributed by atoms with Gasteiger partial charge in [0.15, 0.2) is 5.76 Å². The molecule has 0 saturated heterocycles. The average molecular weight is 141 g/mol. The van der Waals surface area contributed by atoms with E-state index in [9.17, 15) is 4.79 Å². The van der Waals surface area contributed by atoms with Crippen molar-refractivity contribution in [2.45, 2.75) is 13.3 Å². The zero-order valence-electron chi connectivity index (χ0n) is 5.50. The van der Waals surface area contributed by atoms with E-state index in [1.807, 2.05) is 6.92 Å². The van der Waals surface area contributed by atoms with E-state index in [4.69, 9.17) is 5.11 Å². The van der Waals surface area contributed by atoms with Gasteiger partial charge in [-0.1, -0.05) is 12.1 Å². The maximum Gasteiger partial charge on any atom is 0.340 e. The highest BCUT2D eigenvalue weighted by molar-refractivity contribution is 5.88. The second kappa shape index (κ2) is 2.51. The number of carbonyl (C=O) groups is 1. The lowest BCUT2D eigenvalue weighted by Gasteiger charge is -1.87. The molecule has 4 nitrogen and oxygen atoms in total. The summed E-state index contributed by atoms with van der Waals surface area (Å²) in [6.45, 7) is 1.81. The molecule has 0 aliphatic heterocycles. The van der Waals surface area contributed by atoms with Crippen LogP contribution in [0.15, 0.2) is 10.7 Å². The number of aromatic carboxylic acids is 1. The normalized spacial score (nSPS) is 9.70. The summed E-state index contributed by atoms with van der Waals surface area (Å²) in [5.74, 6) is -0.564. The third-order valence-corrected chi connectivity index (χ3v) is 1.20. The molecule has 0 atom stereocenters. The summed E-state index contributed by atoms with van der Waals surface area (Å²) in [5, 5.41) is 11.8. The van der Waals surface area contributed by atoms with Crippen LogP contribution in [0.4, 0.5) is 0 Å². The summed E-state index contributed by atoms with van der Waals surface area (Å²) in [6.07, 6.45) is 1.77. The first kappa shape index (κ1) is 6.80. The van der Waals surface area contributed by atoms with Gasteiger partial charge in [0.25, 0.3) is 0 Å². The Morgan fingerprint density at radius 3 is 3.00 bits per heavy atom. The Kier molecular flexibility index (Phi) is 1.71. The largest absolute Gasteiger partial charge is 0.478 e. The zero-order chi connectivity index (χ0) is 7.56. The van der Waals surface area contributed by atoms with E-state index in [0.717, 1.165) is 0 Å². The number of hydrogen-bond acceptors (Lipinski definition) is 3. The molecule has 0 bridgehead atoms. The fourth-order valence-electron chi connectivity index (χ4n) is 0.693. The maximum atomic E-state index is 10.3. The quantitative estimate of drug-likeness (QED) is 0.665. The number of aromatic nitrogens is 1. The summed E-state index contributed by atoms with van der Waals surface area (Å²) in [6, 6.07) is 0. The van der Waals surface area contributed by atoms with Crippen LogP contribution in [0.5, 0.6) is 0 Å². The summed E-state index contributed by atoms with van der Waals surface area (Å²) >= 11 is 0. The topological polar surface area (TPSA) is 63.3 Å². The van der Waals surface area contributed by atoms with Crippen molar-refractivity contribution in [3.63, 3.8) is 0 Å². The zero-order valence-corrected chi connectivity index (χ0v) is 5.50. The molecule has 0 radical (unpaired) electrons. The van der Waals surface area contributed by atoms with Crippen molar-refractivity contribution in [2.24, 2.45) is 0 Å². The van der Waals surface area contributed by atoms with Gasteiger partial charge in [-0.25, -0.2) is 4.79 Å². The predicted molar refractivity (Wildman–Crippen MR) is 32.8 cm³/mol. The lowest BCUT2D eigenvalue weighted by Crippen LogP contribution is -1.97. The van der Waals surface area contributed by atoms with Crippen LogP contribution in [0.2, 0.25) is 0 Å². The molecule has 1 aromatic heterocycles. The number of nitrogens with zero attached hydrogens (tertiary/aromatic N) is 1. The molecule has 0 unspecified atom stereocenters. The molecule has 0 aliphatic carbocycles. The minimum Gasteiger partial charge on any atom is -0.478 e. The molecule has 1 heterocycles. The van der Waals surface area contributed by atoms with Gasteiger partial charge in [0, 0.05) is 6.42 Å². The predicted octanol–water partition coefficient (Wildman–Crippen LogP) is 0.935. The smallest absolute Gasteiger partial charge is 0.340 e. The molecule has 4 heteroatoms. The molecule has 0 aliphatic rings. The lowest BCUT2D eigenvalue weighted by atomic mass is 10.2. The Morgan fingerprint density at radius 1 is 1.90 bits per heavy atom. The first-order valence-electron chi connectivity index (χ1n) is 2.92. The number of rotatable bonds is 2. The van der Waals surface area contributed by atoms with Gasteiger partial charge in [-0.05, 0) is 0 Å². The van der Waals surface area contributed by atoms with E-state index in [0.29, 0.717) is 12.2 Å². The van der Waals surface area contributed by atoms with Gasteiger partial charge in [0.2, 0.25) is 0 Å².